The van der Waals surface area contributed by atoms with Gasteiger partial charge in [0.15, 0.2) is 0 Å². The maximum Gasteiger partial charge on any atom is 0.303 e. The Morgan fingerprint density at radius 3 is 2.61 bits per heavy atom. The van der Waals surface area contributed by atoms with Crippen LogP contribution >= 0.6 is 0 Å². The van der Waals surface area contributed by atoms with E-state index in [9.17, 15) is 9.59 Å². The summed E-state index contributed by atoms with van der Waals surface area (Å²) in [5.41, 5.74) is 4.11. The molecule has 3 aliphatic rings. The van der Waals surface area contributed by atoms with Gasteiger partial charge in [0.05, 0.1) is 16.7 Å². The topological polar surface area (TPSA) is 98.7 Å². The molecule has 1 aromatic heterocycles. The first-order valence-electron chi connectivity index (χ1n) is 13.3. The standard InChI is InChI=1S/C30H33N5O3/c36-27(37)13-8-16-31-29-28(22-9-4-3-5-10-22)32-25-15-14-23(21-26(25)33-29)30(38)35-19-17-34(18-20-35)24-11-6-1-2-7-12-24/h1-7,9,11,14-15,21-22H,8,10,12-13,16-20H2,(H,31,33)(H,36,37). The van der Waals surface area contributed by atoms with E-state index in [-0.39, 0.29) is 18.2 Å². The number of rotatable bonds is 8. The number of aliphatic carboxylic acids is 1. The molecule has 8 nitrogen and oxygen atoms in total. The van der Waals surface area contributed by atoms with E-state index in [2.05, 4.69) is 46.7 Å². The molecule has 1 aromatic carbocycles. The van der Waals surface area contributed by atoms with Gasteiger partial charge in [-0.2, -0.15) is 0 Å². The van der Waals surface area contributed by atoms with E-state index in [0.29, 0.717) is 43.0 Å². The van der Waals surface area contributed by atoms with Gasteiger partial charge in [-0.05, 0) is 37.1 Å². The lowest BCUT2D eigenvalue weighted by Gasteiger charge is -2.37. The van der Waals surface area contributed by atoms with Crippen LogP contribution in [0.3, 0.4) is 0 Å². The van der Waals surface area contributed by atoms with Crippen LogP contribution in [0.15, 0.2) is 78.6 Å². The summed E-state index contributed by atoms with van der Waals surface area (Å²) in [5, 5.41) is 12.3. The number of amides is 1. The zero-order valence-corrected chi connectivity index (χ0v) is 21.4. The highest BCUT2D eigenvalue weighted by molar-refractivity contribution is 5.97. The first-order chi connectivity index (χ1) is 18.6. The van der Waals surface area contributed by atoms with Crippen molar-refractivity contribution in [2.75, 3.05) is 38.0 Å². The number of anilines is 1. The molecule has 1 unspecified atom stereocenters. The van der Waals surface area contributed by atoms with Crippen LogP contribution in [0.1, 0.15) is 47.7 Å². The van der Waals surface area contributed by atoms with E-state index in [1.165, 1.54) is 5.70 Å². The number of carboxylic acids is 1. The Balaban J connectivity index is 1.32. The van der Waals surface area contributed by atoms with E-state index < -0.39 is 5.97 Å². The number of allylic oxidation sites excluding steroid dienone is 9. The van der Waals surface area contributed by atoms with Crippen molar-refractivity contribution in [1.82, 2.24) is 19.8 Å². The van der Waals surface area contributed by atoms with Gasteiger partial charge >= 0.3 is 5.97 Å². The van der Waals surface area contributed by atoms with Crippen molar-refractivity contribution < 1.29 is 14.7 Å². The van der Waals surface area contributed by atoms with Crippen molar-refractivity contribution in [2.45, 2.75) is 31.6 Å². The molecule has 8 heteroatoms. The minimum Gasteiger partial charge on any atom is -0.481 e. The van der Waals surface area contributed by atoms with Crippen molar-refractivity contribution in [1.29, 1.82) is 0 Å². The number of nitrogens with zero attached hydrogens (tertiary/aromatic N) is 4. The lowest BCUT2D eigenvalue weighted by molar-refractivity contribution is -0.137. The zero-order valence-electron chi connectivity index (χ0n) is 21.4. The fourth-order valence-electron chi connectivity index (χ4n) is 5.00. The molecule has 38 heavy (non-hydrogen) atoms. The Morgan fingerprint density at radius 2 is 1.82 bits per heavy atom. The summed E-state index contributed by atoms with van der Waals surface area (Å²) in [4.78, 5) is 38.4. The van der Waals surface area contributed by atoms with Crippen LogP contribution in [0.4, 0.5) is 5.82 Å². The Bertz CT molecular complexity index is 1350. The summed E-state index contributed by atoms with van der Waals surface area (Å²) in [6.45, 7) is 3.44. The second-order valence-corrected chi connectivity index (χ2v) is 9.69. The van der Waals surface area contributed by atoms with Gasteiger partial charge in [0.2, 0.25) is 0 Å². The molecule has 1 aliphatic heterocycles. The van der Waals surface area contributed by atoms with Gasteiger partial charge in [-0.3, -0.25) is 9.59 Å². The molecule has 1 saturated heterocycles. The van der Waals surface area contributed by atoms with Crippen LogP contribution in [0.5, 0.6) is 0 Å². The molecule has 5 rings (SSSR count). The summed E-state index contributed by atoms with van der Waals surface area (Å²) < 4.78 is 0. The van der Waals surface area contributed by atoms with Gasteiger partial charge < -0.3 is 20.2 Å². The lowest BCUT2D eigenvalue weighted by Crippen LogP contribution is -2.48. The number of aromatic nitrogens is 2. The zero-order chi connectivity index (χ0) is 26.3. The molecule has 196 valence electrons. The molecule has 2 heterocycles. The van der Waals surface area contributed by atoms with Crippen LogP contribution in [0.25, 0.3) is 11.0 Å². The van der Waals surface area contributed by atoms with Crippen molar-refractivity contribution in [3.05, 3.63) is 89.8 Å². The smallest absolute Gasteiger partial charge is 0.303 e. The fraction of sp³-hybridized carbons (Fsp3) is 0.333. The monoisotopic (exact) mass is 511 g/mol. The summed E-state index contributed by atoms with van der Waals surface area (Å²) in [6.07, 6.45) is 21.0. The van der Waals surface area contributed by atoms with Gasteiger partial charge in [-0.1, -0.05) is 48.6 Å². The quantitative estimate of drug-likeness (QED) is 0.497. The van der Waals surface area contributed by atoms with Crippen LogP contribution < -0.4 is 5.32 Å². The van der Waals surface area contributed by atoms with Crippen molar-refractivity contribution in [2.24, 2.45) is 0 Å². The largest absolute Gasteiger partial charge is 0.481 e. The van der Waals surface area contributed by atoms with Crippen molar-refractivity contribution in [3.8, 4) is 0 Å². The molecule has 2 aromatic rings. The molecule has 0 bridgehead atoms. The van der Waals surface area contributed by atoms with Crippen molar-refractivity contribution >= 4 is 28.7 Å². The molecule has 0 radical (unpaired) electrons. The van der Waals surface area contributed by atoms with Gasteiger partial charge in [-0.25, -0.2) is 9.97 Å². The molecule has 1 fully saturated rings. The fourth-order valence-corrected chi connectivity index (χ4v) is 5.00. The maximum atomic E-state index is 13.4. The van der Waals surface area contributed by atoms with E-state index in [0.717, 1.165) is 37.1 Å². The first-order valence-corrected chi connectivity index (χ1v) is 13.3. The van der Waals surface area contributed by atoms with E-state index >= 15 is 0 Å². The number of carbonyl (C=O) groups is 2. The third-order valence-corrected chi connectivity index (χ3v) is 7.08. The van der Waals surface area contributed by atoms with Gasteiger partial charge in [-0.15, -0.1) is 0 Å². The SMILES string of the molecule is O=C(O)CCCNc1nc2cc(C(=O)N3CCN(C4=CC=CC=CC4)CC3)ccc2nc1C1C=CC=CC1. The number of nitrogens with one attached hydrogen (secondary N) is 1. The summed E-state index contributed by atoms with van der Waals surface area (Å²) in [6, 6.07) is 5.54. The highest BCUT2D eigenvalue weighted by Crippen LogP contribution is 2.30. The van der Waals surface area contributed by atoms with Crippen LogP contribution in [0.2, 0.25) is 0 Å². The number of hydrogen-bond donors (Lipinski definition) is 2. The molecule has 2 aliphatic carbocycles. The summed E-state index contributed by atoms with van der Waals surface area (Å²) >= 11 is 0. The average Bonchev–Trinajstić information content (AvgIpc) is 3.24. The molecule has 1 amide bonds. The van der Waals surface area contributed by atoms with Gasteiger partial charge in [0.25, 0.3) is 5.91 Å². The summed E-state index contributed by atoms with van der Waals surface area (Å²) in [7, 11) is 0. The summed E-state index contributed by atoms with van der Waals surface area (Å²) in [5.74, 6) is -0.0826. The van der Waals surface area contributed by atoms with Crippen molar-refractivity contribution in [3.63, 3.8) is 0 Å². The van der Waals surface area contributed by atoms with E-state index in [1.54, 1.807) is 0 Å². The number of benzene rings is 1. The molecule has 2 N–H and O–H groups in total. The second kappa shape index (κ2) is 11.9. The Kier molecular flexibility index (Phi) is 7.97. The minimum absolute atomic E-state index is 0.00313. The third-order valence-electron chi connectivity index (χ3n) is 7.08. The molecular formula is C30H33N5O3. The Labute approximate surface area is 222 Å². The van der Waals surface area contributed by atoms with Crippen LogP contribution in [-0.4, -0.2) is 69.5 Å². The number of fused-ring (bicyclic) bond motifs is 1. The number of carbonyl (C=O) groups excluding carboxylic acids is 1. The average molecular weight is 512 g/mol. The number of carboxylic acid groups (broad SMARTS) is 1. The maximum absolute atomic E-state index is 13.4. The molecule has 0 spiro atoms. The molecule has 0 saturated carbocycles. The third kappa shape index (κ3) is 6.02. The molecular weight excluding hydrogens is 478 g/mol. The van der Waals surface area contributed by atoms with E-state index in [1.807, 2.05) is 41.3 Å². The van der Waals surface area contributed by atoms with Gasteiger partial charge in [0.1, 0.15) is 5.82 Å². The normalized spacial score (nSPS) is 18.9. The minimum atomic E-state index is -0.819. The predicted molar refractivity (Wildman–Crippen MR) is 149 cm³/mol. The highest BCUT2D eigenvalue weighted by Gasteiger charge is 2.24. The van der Waals surface area contributed by atoms with Gasteiger partial charge in [0, 0.05) is 62.7 Å². The Morgan fingerprint density at radius 1 is 0.974 bits per heavy atom. The van der Waals surface area contributed by atoms with Crippen LogP contribution in [-0.2, 0) is 4.79 Å². The second-order valence-electron chi connectivity index (χ2n) is 9.69. The van der Waals surface area contributed by atoms with E-state index in [4.69, 9.17) is 15.1 Å². The van der Waals surface area contributed by atoms with Crippen LogP contribution in [0, 0.1) is 0 Å². The predicted octanol–water partition coefficient (Wildman–Crippen LogP) is 4.66. The Hall–Kier alpha value is -4.20. The molecule has 1 atom stereocenters. The lowest BCUT2D eigenvalue weighted by atomic mass is 9.96. The first kappa shape index (κ1) is 25.4. The highest BCUT2D eigenvalue weighted by atomic mass is 16.4. The number of hydrogen-bond acceptors (Lipinski definition) is 6. The number of piperazine rings is 1.